The molecule has 1 N–H and O–H groups in total. The number of ether oxygens (including phenoxy) is 1. The van der Waals surface area contributed by atoms with Crippen LogP contribution < -0.4 is 10.1 Å². The maximum absolute atomic E-state index is 12.4. The van der Waals surface area contributed by atoms with Crippen LogP contribution in [0.3, 0.4) is 0 Å². The second-order valence-electron chi connectivity index (χ2n) is 7.87. The predicted molar refractivity (Wildman–Crippen MR) is 125 cm³/mol. The van der Waals surface area contributed by atoms with Crippen molar-refractivity contribution in [1.29, 1.82) is 0 Å². The van der Waals surface area contributed by atoms with E-state index in [4.69, 9.17) is 4.74 Å². The van der Waals surface area contributed by atoms with Gasteiger partial charge in [0.25, 0.3) is 0 Å². The van der Waals surface area contributed by atoms with Crippen LogP contribution in [0.15, 0.2) is 54.6 Å². The number of carbonyl (C=O) groups excluding carboxylic acids is 2. The van der Waals surface area contributed by atoms with Crippen LogP contribution in [0.4, 0.5) is 0 Å². The van der Waals surface area contributed by atoms with E-state index in [1.807, 2.05) is 43.7 Å². The Labute approximate surface area is 189 Å². The maximum Gasteiger partial charge on any atom is 0.220 e. The molecule has 32 heavy (non-hydrogen) atoms. The molecule has 0 aliphatic rings. The van der Waals surface area contributed by atoms with Crippen LogP contribution >= 0.6 is 0 Å². The Morgan fingerprint density at radius 1 is 1.00 bits per heavy atom. The molecule has 0 saturated heterocycles. The molecule has 0 bridgehead atoms. The van der Waals surface area contributed by atoms with Crippen LogP contribution in [0.2, 0.25) is 0 Å². The summed E-state index contributed by atoms with van der Waals surface area (Å²) in [7, 11) is 0. The number of amides is 1. The molecule has 0 unspecified atom stereocenters. The number of Topliss-reactive ketones (excluding diaryl/α,β-unsaturated/α-hetero) is 1. The third-order valence-electron chi connectivity index (χ3n) is 5.40. The number of carbonyl (C=O) groups is 2. The summed E-state index contributed by atoms with van der Waals surface area (Å²) >= 11 is 0. The topological polar surface area (TPSA) is 73.2 Å². The third kappa shape index (κ3) is 6.30. The zero-order valence-electron chi connectivity index (χ0n) is 19.1. The maximum atomic E-state index is 12.4. The summed E-state index contributed by atoms with van der Waals surface area (Å²) in [6.45, 7) is 7.76. The summed E-state index contributed by atoms with van der Waals surface area (Å²) in [5, 5.41) is 7.56. The monoisotopic (exact) mass is 433 g/mol. The minimum Gasteiger partial charge on any atom is -0.494 e. The number of nitrogens with one attached hydrogen (secondary N) is 1. The van der Waals surface area contributed by atoms with Gasteiger partial charge in [0.2, 0.25) is 5.91 Å². The van der Waals surface area contributed by atoms with Crippen molar-refractivity contribution in [2.75, 3.05) is 6.61 Å². The van der Waals surface area contributed by atoms with Crippen molar-refractivity contribution in [3.63, 3.8) is 0 Å². The highest BCUT2D eigenvalue weighted by Crippen LogP contribution is 2.16. The van der Waals surface area contributed by atoms with Gasteiger partial charge in [-0.15, -0.1) is 0 Å². The smallest absolute Gasteiger partial charge is 0.220 e. The largest absolute Gasteiger partial charge is 0.494 e. The average Bonchev–Trinajstić information content (AvgIpc) is 3.07. The van der Waals surface area contributed by atoms with Gasteiger partial charge < -0.3 is 10.1 Å². The predicted octanol–water partition coefficient (Wildman–Crippen LogP) is 4.62. The summed E-state index contributed by atoms with van der Waals surface area (Å²) in [6.07, 6.45) is 1.26. The molecule has 0 radical (unpaired) electrons. The lowest BCUT2D eigenvalue weighted by molar-refractivity contribution is -0.121. The molecule has 6 nitrogen and oxygen atoms in total. The molecule has 0 atom stereocenters. The summed E-state index contributed by atoms with van der Waals surface area (Å²) < 4.78 is 7.50. The fourth-order valence-electron chi connectivity index (χ4n) is 3.50. The molecular weight excluding hydrogens is 402 g/mol. The number of nitrogens with zero attached hydrogens (tertiary/aromatic N) is 2. The Morgan fingerprint density at radius 3 is 2.41 bits per heavy atom. The molecule has 0 aliphatic carbocycles. The van der Waals surface area contributed by atoms with Crippen LogP contribution in [-0.2, 0) is 17.9 Å². The Kier molecular flexibility index (Phi) is 8.20. The summed E-state index contributed by atoms with van der Waals surface area (Å²) in [6, 6.07) is 17.2. The quantitative estimate of drug-likeness (QED) is 0.448. The fourth-order valence-corrected chi connectivity index (χ4v) is 3.50. The van der Waals surface area contributed by atoms with Crippen molar-refractivity contribution < 1.29 is 14.3 Å². The molecule has 1 heterocycles. The first kappa shape index (κ1) is 23.3. The standard InChI is InChI=1S/C26H31N3O3/c1-4-16-32-23-12-10-22(11-13-23)25(30)14-15-26(31)27-17-24-19(2)28-29(20(24)3)18-21-8-6-5-7-9-21/h5-13H,4,14-18H2,1-3H3,(H,27,31). The summed E-state index contributed by atoms with van der Waals surface area (Å²) in [4.78, 5) is 24.7. The van der Waals surface area contributed by atoms with Gasteiger partial charge in [-0.2, -0.15) is 5.10 Å². The lowest BCUT2D eigenvalue weighted by Gasteiger charge is -2.08. The highest BCUT2D eigenvalue weighted by atomic mass is 16.5. The Bertz CT molecular complexity index is 1040. The van der Waals surface area contributed by atoms with Gasteiger partial charge in [-0.3, -0.25) is 14.3 Å². The summed E-state index contributed by atoms with van der Waals surface area (Å²) in [5.74, 6) is 0.556. The SMILES string of the molecule is CCCOc1ccc(C(=O)CCC(=O)NCc2c(C)nn(Cc3ccccc3)c2C)cc1. The minimum atomic E-state index is -0.143. The molecule has 3 aromatic rings. The zero-order valence-corrected chi connectivity index (χ0v) is 19.1. The van der Waals surface area contributed by atoms with Crippen LogP contribution in [0.1, 0.15) is 59.1 Å². The van der Waals surface area contributed by atoms with E-state index in [-0.39, 0.29) is 24.5 Å². The van der Waals surface area contributed by atoms with E-state index in [1.165, 1.54) is 5.56 Å². The van der Waals surface area contributed by atoms with E-state index in [0.29, 0.717) is 25.3 Å². The van der Waals surface area contributed by atoms with Gasteiger partial charge >= 0.3 is 0 Å². The average molecular weight is 434 g/mol. The molecule has 1 aromatic heterocycles. The van der Waals surface area contributed by atoms with Crippen molar-refractivity contribution in [2.45, 2.75) is 53.1 Å². The van der Waals surface area contributed by atoms with E-state index >= 15 is 0 Å². The summed E-state index contributed by atoms with van der Waals surface area (Å²) in [5.41, 5.74) is 4.73. The van der Waals surface area contributed by atoms with Crippen molar-refractivity contribution >= 4 is 11.7 Å². The van der Waals surface area contributed by atoms with E-state index in [0.717, 1.165) is 29.1 Å². The Balaban J connectivity index is 1.49. The fraction of sp³-hybridized carbons (Fsp3) is 0.346. The molecule has 0 fully saturated rings. The molecule has 0 saturated carbocycles. The second-order valence-corrected chi connectivity index (χ2v) is 7.87. The first-order chi connectivity index (χ1) is 15.5. The van der Waals surface area contributed by atoms with E-state index in [9.17, 15) is 9.59 Å². The van der Waals surface area contributed by atoms with Gasteiger partial charge in [-0.05, 0) is 50.1 Å². The molecule has 0 aliphatic heterocycles. The molecule has 0 spiro atoms. The van der Waals surface area contributed by atoms with Crippen molar-refractivity contribution in [1.82, 2.24) is 15.1 Å². The number of hydrogen-bond acceptors (Lipinski definition) is 4. The van der Waals surface area contributed by atoms with Crippen LogP contribution in [0, 0.1) is 13.8 Å². The molecule has 3 rings (SSSR count). The van der Waals surface area contributed by atoms with E-state index in [1.54, 1.807) is 24.3 Å². The van der Waals surface area contributed by atoms with Gasteiger partial charge in [0.15, 0.2) is 5.78 Å². The Hall–Kier alpha value is -3.41. The van der Waals surface area contributed by atoms with Crippen LogP contribution in [-0.4, -0.2) is 28.1 Å². The van der Waals surface area contributed by atoms with Crippen molar-refractivity contribution in [3.05, 3.63) is 82.7 Å². The van der Waals surface area contributed by atoms with Crippen LogP contribution in [0.5, 0.6) is 5.75 Å². The highest BCUT2D eigenvalue weighted by molar-refractivity contribution is 5.98. The second kappa shape index (κ2) is 11.3. The number of ketones is 1. The molecule has 6 heteroatoms. The number of aromatic nitrogens is 2. The molecule has 1 amide bonds. The van der Waals surface area contributed by atoms with E-state index in [2.05, 4.69) is 22.5 Å². The highest BCUT2D eigenvalue weighted by Gasteiger charge is 2.14. The van der Waals surface area contributed by atoms with Gasteiger partial charge in [0.05, 0.1) is 18.8 Å². The number of rotatable bonds is 11. The van der Waals surface area contributed by atoms with Gasteiger partial charge in [-0.25, -0.2) is 0 Å². The Morgan fingerprint density at radius 2 is 1.72 bits per heavy atom. The van der Waals surface area contributed by atoms with Gasteiger partial charge in [0.1, 0.15) is 5.75 Å². The van der Waals surface area contributed by atoms with Crippen molar-refractivity contribution in [3.8, 4) is 5.75 Å². The third-order valence-corrected chi connectivity index (χ3v) is 5.40. The molecule has 2 aromatic carbocycles. The van der Waals surface area contributed by atoms with Crippen LogP contribution in [0.25, 0.3) is 0 Å². The number of hydrogen-bond donors (Lipinski definition) is 1. The molecular formula is C26H31N3O3. The number of benzene rings is 2. The lowest BCUT2D eigenvalue weighted by Crippen LogP contribution is -2.24. The van der Waals surface area contributed by atoms with Gasteiger partial charge in [-0.1, -0.05) is 37.3 Å². The van der Waals surface area contributed by atoms with E-state index < -0.39 is 0 Å². The first-order valence-electron chi connectivity index (χ1n) is 11.1. The minimum absolute atomic E-state index is 0.0507. The normalized spacial score (nSPS) is 10.7. The lowest BCUT2D eigenvalue weighted by atomic mass is 10.1. The zero-order chi connectivity index (χ0) is 22.9. The number of aryl methyl sites for hydroxylation is 1. The molecule has 168 valence electrons. The first-order valence-corrected chi connectivity index (χ1v) is 11.1. The van der Waals surface area contributed by atoms with Gasteiger partial charge in [0, 0.05) is 36.2 Å². The van der Waals surface area contributed by atoms with Crippen molar-refractivity contribution in [2.24, 2.45) is 0 Å².